The van der Waals surface area contributed by atoms with E-state index in [0.717, 1.165) is 5.56 Å². The van der Waals surface area contributed by atoms with Crippen molar-refractivity contribution in [2.45, 2.75) is 20.8 Å². The fraction of sp³-hybridized carbons (Fsp3) is 0.357. The highest BCUT2D eigenvalue weighted by molar-refractivity contribution is 6.15. The van der Waals surface area contributed by atoms with Gasteiger partial charge in [-0.2, -0.15) is 0 Å². The van der Waals surface area contributed by atoms with E-state index < -0.39 is 0 Å². The van der Waals surface area contributed by atoms with Crippen LogP contribution in [0.3, 0.4) is 0 Å². The predicted molar refractivity (Wildman–Crippen MR) is 65.9 cm³/mol. The van der Waals surface area contributed by atoms with E-state index in [2.05, 4.69) is 6.58 Å². The van der Waals surface area contributed by atoms with Crippen LogP contribution in [0, 0.1) is 5.41 Å². The fourth-order valence-corrected chi connectivity index (χ4v) is 1.13. The standard InChI is InChI=1S/C14H18O2/c1-11(12-8-6-5-7-9-12)13(15)16-10-14(2,3)4/h5-9H,1,10H2,2-4H3. The third-order valence-corrected chi connectivity index (χ3v) is 2.00. The van der Waals surface area contributed by atoms with E-state index >= 15 is 0 Å². The molecule has 0 unspecified atom stereocenters. The van der Waals surface area contributed by atoms with Crippen LogP contribution in [0.2, 0.25) is 0 Å². The maximum Gasteiger partial charge on any atom is 0.338 e. The number of carbonyl (C=O) groups is 1. The minimum Gasteiger partial charge on any atom is -0.462 e. The molecule has 0 spiro atoms. The lowest BCUT2D eigenvalue weighted by molar-refractivity contribution is -0.139. The Morgan fingerprint density at radius 1 is 1.25 bits per heavy atom. The minimum atomic E-state index is -0.346. The first-order valence-corrected chi connectivity index (χ1v) is 5.31. The van der Waals surface area contributed by atoms with E-state index in [9.17, 15) is 4.79 Å². The molecule has 0 saturated carbocycles. The van der Waals surface area contributed by atoms with Gasteiger partial charge in [0.25, 0.3) is 0 Å². The van der Waals surface area contributed by atoms with Crippen molar-refractivity contribution in [3.63, 3.8) is 0 Å². The van der Waals surface area contributed by atoms with Crippen LogP contribution in [0.25, 0.3) is 5.57 Å². The maximum absolute atomic E-state index is 11.7. The average Bonchev–Trinajstić information content (AvgIpc) is 2.25. The molecule has 0 aliphatic rings. The van der Waals surface area contributed by atoms with Gasteiger partial charge >= 0.3 is 5.97 Å². The van der Waals surface area contributed by atoms with Crippen LogP contribution in [0.5, 0.6) is 0 Å². The number of rotatable bonds is 3. The molecule has 0 radical (unpaired) electrons. The summed E-state index contributed by atoms with van der Waals surface area (Å²) in [5, 5.41) is 0. The minimum absolute atomic E-state index is 0.0212. The van der Waals surface area contributed by atoms with Crippen LogP contribution in [0.15, 0.2) is 36.9 Å². The SMILES string of the molecule is C=C(C(=O)OCC(C)(C)C)c1ccccc1. The first-order valence-electron chi connectivity index (χ1n) is 5.31. The first-order chi connectivity index (χ1) is 7.40. The summed E-state index contributed by atoms with van der Waals surface area (Å²) >= 11 is 0. The molecule has 0 saturated heterocycles. The predicted octanol–water partition coefficient (Wildman–Crippen LogP) is 3.29. The highest BCUT2D eigenvalue weighted by Crippen LogP contribution is 2.17. The van der Waals surface area contributed by atoms with Gasteiger partial charge in [0.05, 0.1) is 12.2 Å². The lowest BCUT2D eigenvalue weighted by atomic mass is 9.98. The summed E-state index contributed by atoms with van der Waals surface area (Å²) < 4.78 is 5.18. The molecule has 1 aromatic rings. The molecule has 86 valence electrons. The van der Waals surface area contributed by atoms with E-state index in [-0.39, 0.29) is 11.4 Å². The Morgan fingerprint density at radius 3 is 2.31 bits per heavy atom. The summed E-state index contributed by atoms with van der Waals surface area (Å²) in [4.78, 5) is 11.7. The second kappa shape index (κ2) is 4.97. The Bertz CT molecular complexity index is 371. The molecule has 0 aliphatic carbocycles. The zero-order valence-electron chi connectivity index (χ0n) is 10.1. The molecule has 2 heteroatoms. The van der Waals surface area contributed by atoms with Crippen molar-refractivity contribution in [3.8, 4) is 0 Å². The smallest absolute Gasteiger partial charge is 0.338 e. The highest BCUT2D eigenvalue weighted by Gasteiger charge is 2.16. The Morgan fingerprint density at radius 2 is 1.81 bits per heavy atom. The zero-order chi connectivity index (χ0) is 12.2. The van der Waals surface area contributed by atoms with Crippen molar-refractivity contribution < 1.29 is 9.53 Å². The molecule has 0 N–H and O–H groups in total. The zero-order valence-corrected chi connectivity index (χ0v) is 10.1. The van der Waals surface area contributed by atoms with Gasteiger partial charge in [0.1, 0.15) is 0 Å². The second-order valence-corrected chi connectivity index (χ2v) is 4.98. The van der Waals surface area contributed by atoms with Gasteiger partial charge in [0.2, 0.25) is 0 Å². The number of carbonyl (C=O) groups excluding carboxylic acids is 1. The molecule has 2 nitrogen and oxygen atoms in total. The van der Waals surface area contributed by atoms with Crippen molar-refractivity contribution in [1.82, 2.24) is 0 Å². The van der Waals surface area contributed by atoms with Crippen molar-refractivity contribution >= 4 is 11.5 Å². The summed E-state index contributed by atoms with van der Waals surface area (Å²) in [5.74, 6) is -0.346. The van der Waals surface area contributed by atoms with Gasteiger partial charge in [-0.05, 0) is 11.0 Å². The maximum atomic E-state index is 11.7. The number of hydrogen-bond acceptors (Lipinski definition) is 2. The van der Waals surface area contributed by atoms with Crippen LogP contribution in [-0.2, 0) is 9.53 Å². The molecule has 0 heterocycles. The van der Waals surface area contributed by atoms with Gasteiger partial charge in [-0.1, -0.05) is 57.7 Å². The fourth-order valence-electron chi connectivity index (χ4n) is 1.13. The molecule has 0 aromatic heterocycles. The summed E-state index contributed by atoms with van der Waals surface area (Å²) in [5.41, 5.74) is 1.19. The van der Waals surface area contributed by atoms with E-state index in [4.69, 9.17) is 4.74 Å². The molecular weight excluding hydrogens is 200 g/mol. The van der Waals surface area contributed by atoms with Crippen LogP contribution >= 0.6 is 0 Å². The van der Waals surface area contributed by atoms with Crippen molar-refractivity contribution in [1.29, 1.82) is 0 Å². The highest BCUT2D eigenvalue weighted by atomic mass is 16.5. The largest absolute Gasteiger partial charge is 0.462 e. The van der Waals surface area contributed by atoms with Gasteiger partial charge < -0.3 is 4.74 Å². The molecule has 0 atom stereocenters. The number of ether oxygens (including phenoxy) is 1. The Hall–Kier alpha value is -1.57. The molecular formula is C14H18O2. The van der Waals surface area contributed by atoms with Crippen molar-refractivity contribution in [2.75, 3.05) is 6.61 Å². The number of hydrogen-bond donors (Lipinski definition) is 0. The molecule has 1 aromatic carbocycles. The van der Waals surface area contributed by atoms with Crippen molar-refractivity contribution in [2.24, 2.45) is 5.41 Å². The normalized spacial score (nSPS) is 10.9. The number of benzene rings is 1. The van der Waals surface area contributed by atoms with E-state index in [1.807, 2.05) is 51.1 Å². The molecule has 0 bridgehead atoms. The number of esters is 1. The van der Waals surface area contributed by atoms with Crippen LogP contribution < -0.4 is 0 Å². The van der Waals surface area contributed by atoms with Gasteiger partial charge in [-0.15, -0.1) is 0 Å². The first kappa shape index (κ1) is 12.5. The topological polar surface area (TPSA) is 26.3 Å². The van der Waals surface area contributed by atoms with Gasteiger partial charge in [0, 0.05) is 0 Å². The van der Waals surface area contributed by atoms with E-state index in [1.165, 1.54) is 0 Å². The van der Waals surface area contributed by atoms with Gasteiger partial charge in [0.15, 0.2) is 0 Å². The van der Waals surface area contributed by atoms with Crippen LogP contribution in [-0.4, -0.2) is 12.6 Å². The molecule has 0 amide bonds. The Labute approximate surface area is 96.9 Å². The quantitative estimate of drug-likeness (QED) is 0.575. The third kappa shape index (κ3) is 3.89. The van der Waals surface area contributed by atoms with Crippen LogP contribution in [0.1, 0.15) is 26.3 Å². The van der Waals surface area contributed by atoms with Crippen LogP contribution in [0.4, 0.5) is 0 Å². The molecule has 0 aliphatic heterocycles. The summed E-state index contributed by atoms with van der Waals surface area (Å²) in [6, 6.07) is 9.34. The van der Waals surface area contributed by atoms with E-state index in [0.29, 0.717) is 12.2 Å². The monoisotopic (exact) mass is 218 g/mol. The lowest BCUT2D eigenvalue weighted by Crippen LogP contribution is -2.18. The van der Waals surface area contributed by atoms with Gasteiger partial charge in [-0.3, -0.25) is 0 Å². The van der Waals surface area contributed by atoms with Crippen molar-refractivity contribution in [3.05, 3.63) is 42.5 Å². The average molecular weight is 218 g/mol. The second-order valence-electron chi connectivity index (χ2n) is 4.98. The lowest BCUT2D eigenvalue weighted by Gasteiger charge is -2.18. The summed E-state index contributed by atoms with van der Waals surface area (Å²) in [6.07, 6.45) is 0. The van der Waals surface area contributed by atoms with Gasteiger partial charge in [-0.25, -0.2) is 4.79 Å². The molecule has 1 rings (SSSR count). The Kier molecular flexibility index (Phi) is 3.88. The summed E-state index contributed by atoms with van der Waals surface area (Å²) in [6.45, 7) is 10.2. The molecule has 16 heavy (non-hydrogen) atoms. The molecule has 0 fully saturated rings. The summed E-state index contributed by atoms with van der Waals surface area (Å²) in [7, 11) is 0. The van der Waals surface area contributed by atoms with E-state index in [1.54, 1.807) is 0 Å². The third-order valence-electron chi connectivity index (χ3n) is 2.00. The Balaban J connectivity index is 2.59.